The fourth-order valence-corrected chi connectivity index (χ4v) is 3.96. The fraction of sp³-hybridized carbons (Fsp3) is 0.500. The Hall–Kier alpha value is -1.06. The molecular formula is C18H25NOS. The van der Waals surface area contributed by atoms with Crippen LogP contribution in [0.15, 0.2) is 47.9 Å². The number of hydrogen-bond donors (Lipinski definition) is 0. The number of piperidine rings is 1. The van der Waals surface area contributed by atoms with Crippen LogP contribution >= 0.6 is 11.8 Å². The molecule has 1 fully saturated rings. The number of nitrogens with zero attached hydrogens (tertiary/aromatic N) is 1. The lowest BCUT2D eigenvalue weighted by Crippen LogP contribution is -2.57. The van der Waals surface area contributed by atoms with Crippen molar-refractivity contribution in [2.45, 2.75) is 37.1 Å². The molecule has 21 heavy (non-hydrogen) atoms. The van der Waals surface area contributed by atoms with Crippen molar-refractivity contribution < 1.29 is 4.79 Å². The van der Waals surface area contributed by atoms with Crippen LogP contribution in [0, 0.1) is 5.41 Å². The van der Waals surface area contributed by atoms with E-state index in [-0.39, 0.29) is 11.0 Å². The molecule has 1 unspecified atom stereocenters. The van der Waals surface area contributed by atoms with Gasteiger partial charge in [0.25, 0.3) is 0 Å². The van der Waals surface area contributed by atoms with Crippen molar-refractivity contribution >= 4 is 17.5 Å². The number of carbonyl (C=O) groups excluding carboxylic acids is 1. The fourth-order valence-electron chi connectivity index (χ4n) is 2.82. The molecule has 0 amide bonds. The van der Waals surface area contributed by atoms with Crippen LogP contribution in [0.4, 0.5) is 0 Å². The van der Waals surface area contributed by atoms with Gasteiger partial charge in [-0.15, -0.1) is 18.3 Å². The van der Waals surface area contributed by atoms with Crippen LogP contribution in [0.3, 0.4) is 0 Å². The Morgan fingerprint density at radius 1 is 1.33 bits per heavy atom. The highest BCUT2D eigenvalue weighted by molar-refractivity contribution is 7.99. The van der Waals surface area contributed by atoms with Gasteiger partial charge >= 0.3 is 0 Å². The number of benzene rings is 1. The zero-order chi connectivity index (χ0) is 15.5. The van der Waals surface area contributed by atoms with E-state index in [1.807, 2.05) is 23.9 Å². The molecule has 1 aliphatic rings. The Morgan fingerprint density at radius 3 is 2.62 bits per heavy atom. The number of Topliss-reactive ketones (excluding diaryl/α,β-unsaturated/α-hetero) is 1. The van der Waals surface area contributed by atoms with Crippen LogP contribution in [-0.4, -0.2) is 35.6 Å². The molecule has 0 aromatic heterocycles. The Morgan fingerprint density at radius 2 is 2.00 bits per heavy atom. The molecule has 3 heteroatoms. The number of rotatable bonds is 5. The van der Waals surface area contributed by atoms with Crippen molar-refractivity contribution in [2.24, 2.45) is 5.41 Å². The van der Waals surface area contributed by atoms with Gasteiger partial charge in [-0.2, -0.15) is 0 Å². The summed E-state index contributed by atoms with van der Waals surface area (Å²) in [6.07, 6.45) is 3.39. The number of hydrogen-bond acceptors (Lipinski definition) is 3. The van der Waals surface area contributed by atoms with E-state index in [1.54, 1.807) is 0 Å². The second-order valence-electron chi connectivity index (χ2n) is 6.49. The van der Waals surface area contributed by atoms with Gasteiger partial charge in [0, 0.05) is 28.8 Å². The lowest BCUT2D eigenvalue weighted by atomic mass is 9.72. The first-order valence-electron chi connectivity index (χ1n) is 7.46. The summed E-state index contributed by atoms with van der Waals surface area (Å²) in [4.78, 5) is 16.1. The Labute approximate surface area is 132 Å². The third-order valence-corrected chi connectivity index (χ3v) is 5.77. The first-order chi connectivity index (χ1) is 9.89. The van der Waals surface area contributed by atoms with E-state index in [4.69, 9.17) is 0 Å². The molecule has 1 aromatic carbocycles. The van der Waals surface area contributed by atoms with Gasteiger partial charge in [0.15, 0.2) is 0 Å². The van der Waals surface area contributed by atoms with Crippen LogP contribution in [0.5, 0.6) is 0 Å². The molecule has 1 aliphatic heterocycles. The van der Waals surface area contributed by atoms with Crippen molar-refractivity contribution in [1.29, 1.82) is 0 Å². The number of thioether (sulfide) groups is 1. The number of likely N-dealkylation sites (tertiary alicyclic amines) is 1. The SMILES string of the molecule is C=C[C@]1(C)CC(=O)C(C)(CCSc2ccccc2)CN1C. The van der Waals surface area contributed by atoms with Gasteiger partial charge in [0.05, 0.1) is 0 Å². The molecule has 1 aromatic rings. The van der Waals surface area contributed by atoms with Crippen LogP contribution in [0.25, 0.3) is 0 Å². The highest BCUT2D eigenvalue weighted by Gasteiger charge is 2.45. The summed E-state index contributed by atoms with van der Waals surface area (Å²) in [7, 11) is 2.09. The predicted molar refractivity (Wildman–Crippen MR) is 90.7 cm³/mol. The maximum atomic E-state index is 12.6. The zero-order valence-corrected chi connectivity index (χ0v) is 14.1. The highest BCUT2D eigenvalue weighted by atomic mass is 32.2. The summed E-state index contributed by atoms with van der Waals surface area (Å²) in [6, 6.07) is 10.4. The average Bonchev–Trinajstić information content (AvgIpc) is 2.46. The number of carbonyl (C=O) groups is 1. The van der Waals surface area contributed by atoms with E-state index in [1.165, 1.54) is 4.90 Å². The number of ketones is 1. The molecular weight excluding hydrogens is 278 g/mol. The van der Waals surface area contributed by atoms with E-state index >= 15 is 0 Å². The maximum Gasteiger partial charge on any atom is 0.142 e. The van der Waals surface area contributed by atoms with Gasteiger partial charge in [0.2, 0.25) is 0 Å². The van der Waals surface area contributed by atoms with Crippen molar-refractivity contribution in [2.75, 3.05) is 19.3 Å². The molecule has 2 atom stereocenters. The van der Waals surface area contributed by atoms with Gasteiger partial charge in [-0.3, -0.25) is 9.69 Å². The molecule has 2 nitrogen and oxygen atoms in total. The number of likely N-dealkylation sites (N-methyl/N-ethyl adjacent to an activating group) is 1. The summed E-state index contributed by atoms with van der Waals surface area (Å²) < 4.78 is 0. The van der Waals surface area contributed by atoms with E-state index in [0.717, 1.165) is 18.7 Å². The van der Waals surface area contributed by atoms with Gasteiger partial charge in [-0.1, -0.05) is 31.2 Å². The molecule has 1 heterocycles. The van der Waals surface area contributed by atoms with Crippen LogP contribution in [0.2, 0.25) is 0 Å². The van der Waals surface area contributed by atoms with E-state index < -0.39 is 0 Å². The van der Waals surface area contributed by atoms with Crippen molar-refractivity contribution in [3.8, 4) is 0 Å². The molecule has 114 valence electrons. The molecule has 2 rings (SSSR count). The summed E-state index contributed by atoms with van der Waals surface area (Å²) in [6.45, 7) is 8.91. The minimum absolute atomic E-state index is 0.191. The largest absolute Gasteiger partial charge is 0.299 e. The van der Waals surface area contributed by atoms with Crippen LogP contribution in [-0.2, 0) is 4.79 Å². The Bertz CT molecular complexity index is 515. The lowest BCUT2D eigenvalue weighted by Gasteiger charge is -2.47. The molecule has 0 spiro atoms. The van der Waals surface area contributed by atoms with Crippen molar-refractivity contribution in [3.05, 3.63) is 43.0 Å². The average molecular weight is 303 g/mol. The molecule has 0 bridgehead atoms. The first-order valence-corrected chi connectivity index (χ1v) is 8.44. The van der Waals surface area contributed by atoms with Gasteiger partial charge in [-0.25, -0.2) is 0 Å². The normalized spacial score (nSPS) is 30.3. The summed E-state index contributed by atoms with van der Waals surface area (Å²) >= 11 is 1.83. The second kappa shape index (κ2) is 6.37. The lowest BCUT2D eigenvalue weighted by molar-refractivity contribution is -0.136. The summed E-state index contributed by atoms with van der Waals surface area (Å²) in [5, 5.41) is 0. The van der Waals surface area contributed by atoms with Gasteiger partial charge in [-0.05, 0) is 38.3 Å². The van der Waals surface area contributed by atoms with Crippen LogP contribution in [0.1, 0.15) is 26.7 Å². The summed E-state index contributed by atoms with van der Waals surface area (Å²) in [5.41, 5.74) is -0.428. The monoisotopic (exact) mass is 303 g/mol. The Balaban J connectivity index is 1.96. The second-order valence-corrected chi connectivity index (χ2v) is 7.66. The molecule has 0 radical (unpaired) electrons. The standard InChI is InChI=1S/C18H25NOS/c1-5-18(3)13-16(20)17(2,14-19(18)4)11-12-21-15-9-7-6-8-10-15/h5-10H,1,11-14H2,2-4H3/t17?,18-/m1/s1. The zero-order valence-electron chi connectivity index (χ0n) is 13.3. The quantitative estimate of drug-likeness (QED) is 0.605. The topological polar surface area (TPSA) is 20.3 Å². The van der Waals surface area contributed by atoms with Gasteiger partial charge < -0.3 is 0 Å². The minimum Gasteiger partial charge on any atom is -0.299 e. The third kappa shape index (κ3) is 3.58. The molecule has 0 aliphatic carbocycles. The molecule has 1 saturated heterocycles. The predicted octanol–water partition coefficient (Wildman–Crippen LogP) is 4.02. The smallest absolute Gasteiger partial charge is 0.142 e. The maximum absolute atomic E-state index is 12.6. The van der Waals surface area contributed by atoms with Gasteiger partial charge in [0.1, 0.15) is 5.78 Å². The van der Waals surface area contributed by atoms with E-state index in [9.17, 15) is 4.79 Å². The van der Waals surface area contributed by atoms with Crippen molar-refractivity contribution in [3.63, 3.8) is 0 Å². The Kier molecular flexibility index (Phi) is 4.95. The highest BCUT2D eigenvalue weighted by Crippen LogP contribution is 2.38. The minimum atomic E-state index is -0.237. The summed E-state index contributed by atoms with van der Waals surface area (Å²) in [5.74, 6) is 1.35. The van der Waals surface area contributed by atoms with E-state index in [2.05, 4.69) is 56.6 Å². The third-order valence-electron chi connectivity index (χ3n) is 4.76. The molecule has 0 saturated carbocycles. The van der Waals surface area contributed by atoms with Crippen molar-refractivity contribution in [1.82, 2.24) is 4.90 Å². The molecule has 0 N–H and O–H groups in total. The first kappa shape index (κ1) is 16.3. The van der Waals surface area contributed by atoms with E-state index in [0.29, 0.717) is 12.2 Å². The van der Waals surface area contributed by atoms with Crippen LogP contribution < -0.4 is 0 Å².